The lowest BCUT2D eigenvalue weighted by molar-refractivity contribution is -0.136. The van der Waals surface area contributed by atoms with E-state index in [1.807, 2.05) is 36.1 Å². The normalized spacial score (nSPS) is 17.8. The van der Waals surface area contributed by atoms with E-state index in [1.165, 1.54) is 17.8 Å². The van der Waals surface area contributed by atoms with Crippen LogP contribution in [0.15, 0.2) is 42.5 Å². The second kappa shape index (κ2) is 8.00. The van der Waals surface area contributed by atoms with Gasteiger partial charge in [-0.25, -0.2) is 4.39 Å². The molecule has 0 spiro atoms. The maximum Gasteiger partial charge on any atom is 0.222 e. The number of hydrogen-bond donors (Lipinski definition) is 1. The van der Waals surface area contributed by atoms with Crippen molar-refractivity contribution in [3.8, 4) is 16.9 Å². The number of rotatable bonds is 4. The number of aromatic hydroxyl groups is 1. The molecule has 0 unspecified atom stereocenters. The summed E-state index contributed by atoms with van der Waals surface area (Å²) in [6, 6.07) is 12.3. The molecular formula is C25H27FN2O3. The van der Waals surface area contributed by atoms with Crippen molar-refractivity contribution >= 4 is 16.8 Å². The standard InChI is InChI=1S/C25H27FN2O3/c1-2-22(30)27-14-19(15-27)28-24(17-10-12-31-13-11-17)23(16-6-8-18(26)9-7-16)20-4-3-5-21(29)25(20)28/h3-9,17,19,29H,2,10-15H2,1H3. The molecule has 2 saturated heterocycles. The van der Waals surface area contributed by atoms with Crippen LogP contribution in [0.1, 0.15) is 43.8 Å². The number of phenolic OH excluding ortho intramolecular Hbond substituents is 1. The lowest BCUT2D eigenvalue weighted by Gasteiger charge is -2.42. The number of benzene rings is 2. The first-order chi connectivity index (χ1) is 15.1. The Labute approximate surface area is 181 Å². The molecule has 5 nitrogen and oxygen atoms in total. The molecule has 0 radical (unpaired) electrons. The van der Waals surface area contributed by atoms with E-state index in [0.717, 1.165) is 34.9 Å². The number of hydrogen-bond acceptors (Lipinski definition) is 3. The smallest absolute Gasteiger partial charge is 0.222 e. The molecular weight excluding hydrogens is 395 g/mol. The van der Waals surface area contributed by atoms with Crippen molar-refractivity contribution in [2.45, 2.75) is 38.1 Å². The summed E-state index contributed by atoms with van der Waals surface area (Å²) in [5.41, 5.74) is 3.97. The van der Waals surface area contributed by atoms with E-state index >= 15 is 0 Å². The van der Waals surface area contributed by atoms with Gasteiger partial charge in [0.15, 0.2) is 0 Å². The molecule has 0 saturated carbocycles. The van der Waals surface area contributed by atoms with Gasteiger partial charge in [-0.15, -0.1) is 0 Å². The second-order valence-corrected chi connectivity index (χ2v) is 8.50. The number of nitrogens with zero attached hydrogens (tertiary/aromatic N) is 2. The first kappa shape index (κ1) is 20.1. The zero-order valence-electron chi connectivity index (χ0n) is 17.7. The summed E-state index contributed by atoms with van der Waals surface area (Å²) < 4.78 is 21.6. The van der Waals surface area contributed by atoms with Gasteiger partial charge in [0, 0.05) is 55.3 Å². The Kier molecular flexibility index (Phi) is 5.18. The van der Waals surface area contributed by atoms with E-state index in [9.17, 15) is 14.3 Å². The number of phenols is 1. The van der Waals surface area contributed by atoms with Crippen LogP contribution in [-0.2, 0) is 9.53 Å². The number of likely N-dealkylation sites (tertiary alicyclic amines) is 1. The van der Waals surface area contributed by atoms with Crippen LogP contribution in [0.2, 0.25) is 0 Å². The van der Waals surface area contributed by atoms with Crippen molar-refractivity contribution in [2.75, 3.05) is 26.3 Å². The fraction of sp³-hybridized carbons (Fsp3) is 0.400. The number of fused-ring (bicyclic) bond motifs is 1. The summed E-state index contributed by atoms with van der Waals surface area (Å²) >= 11 is 0. The maximum absolute atomic E-state index is 13.7. The summed E-state index contributed by atoms with van der Waals surface area (Å²) in [7, 11) is 0. The number of para-hydroxylation sites is 1. The number of halogens is 1. The van der Waals surface area contributed by atoms with Crippen molar-refractivity contribution < 1.29 is 19.0 Å². The second-order valence-electron chi connectivity index (χ2n) is 8.50. The lowest BCUT2D eigenvalue weighted by Crippen LogP contribution is -2.51. The SMILES string of the molecule is CCC(=O)N1CC(n2c(C3CCOCC3)c(-c3ccc(F)cc3)c3cccc(O)c32)C1. The highest BCUT2D eigenvalue weighted by molar-refractivity contribution is 6.01. The van der Waals surface area contributed by atoms with Crippen molar-refractivity contribution in [1.82, 2.24) is 9.47 Å². The molecule has 5 rings (SSSR count). The first-order valence-corrected chi connectivity index (χ1v) is 11.1. The minimum atomic E-state index is -0.268. The van der Waals surface area contributed by atoms with Gasteiger partial charge >= 0.3 is 0 Å². The lowest BCUT2D eigenvalue weighted by atomic mass is 9.89. The van der Waals surface area contributed by atoms with Gasteiger partial charge in [-0.05, 0) is 36.6 Å². The van der Waals surface area contributed by atoms with Gasteiger partial charge < -0.3 is 19.3 Å². The predicted octanol–water partition coefficient (Wildman–Crippen LogP) is 4.84. The van der Waals surface area contributed by atoms with E-state index in [1.54, 1.807) is 6.07 Å². The van der Waals surface area contributed by atoms with Gasteiger partial charge in [0.1, 0.15) is 11.6 Å². The third kappa shape index (κ3) is 3.39. The molecule has 3 heterocycles. The quantitative estimate of drug-likeness (QED) is 0.655. The third-order valence-electron chi connectivity index (χ3n) is 6.66. The Hall–Kier alpha value is -2.86. The van der Waals surface area contributed by atoms with E-state index < -0.39 is 0 Å². The third-order valence-corrected chi connectivity index (χ3v) is 6.66. The highest BCUT2D eigenvalue weighted by Gasteiger charge is 2.37. The van der Waals surface area contributed by atoms with Crippen LogP contribution >= 0.6 is 0 Å². The van der Waals surface area contributed by atoms with Crippen molar-refractivity contribution in [1.29, 1.82) is 0 Å². The van der Waals surface area contributed by atoms with Gasteiger partial charge in [-0.2, -0.15) is 0 Å². The fourth-order valence-corrected chi connectivity index (χ4v) is 5.08. The van der Waals surface area contributed by atoms with Crippen LogP contribution in [0.25, 0.3) is 22.0 Å². The Morgan fingerprint density at radius 1 is 1.13 bits per heavy atom. The average molecular weight is 423 g/mol. The van der Waals surface area contributed by atoms with E-state index in [2.05, 4.69) is 4.57 Å². The number of ether oxygens (including phenoxy) is 1. The number of carbonyl (C=O) groups excluding carboxylic acids is 1. The average Bonchev–Trinajstić information content (AvgIpc) is 3.10. The minimum Gasteiger partial charge on any atom is -0.506 e. The number of amides is 1. The zero-order chi connectivity index (χ0) is 21.5. The van der Waals surface area contributed by atoms with Gasteiger partial charge in [0.25, 0.3) is 0 Å². The summed E-state index contributed by atoms with van der Waals surface area (Å²) in [6.07, 6.45) is 2.29. The fourth-order valence-electron chi connectivity index (χ4n) is 5.08. The van der Waals surface area contributed by atoms with E-state index in [0.29, 0.717) is 32.7 Å². The summed E-state index contributed by atoms with van der Waals surface area (Å²) in [5.74, 6) is 0.398. The topological polar surface area (TPSA) is 54.7 Å². The Balaban J connectivity index is 1.72. The molecule has 2 aliphatic rings. The molecule has 0 bridgehead atoms. The predicted molar refractivity (Wildman–Crippen MR) is 118 cm³/mol. The summed E-state index contributed by atoms with van der Waals surface area (Å²) in [5, 5.41) is 11.8. The van der Waals surface area contributed by atoms with Gasteiger partial charge in [0.05, 0.1) is 11.6 Å². The van der Waals surface area contributed by atoms with Crippen LogP contribution in [0.3, 0.4) is 0 Å². The summed E-state index contributed by atoms with van der Waals surface area (Å²) in [6.45, 7) is 4.57. The molecule has 31 heavy (non-hydrogen) atoms. The first-order valence-electron chi connectivity index (χ1n) is 11.1. The maximum atomic E-state index is 13.7. The van der Waals surface area contributed by atoms with Crippen molar-refractivity contribution in [3.63, 3.8) is 0 Å². The van der Waals surface area contributed by atoms with Crippen LogP contribution in [0.4, 0.5) is 4.39 Å². The zero-order valence-corrected chi connectivity index (χ0v) is 17.7. The van der Waals surface area contributed by atoms with Gasteiger partial charge in [0.2, 0.25) is 5.91 Å². The van der Waals surface area contributed by atoms with Gasteiger partial charge in [-0.1, -0.05) is 31.2 Å². The van der Waals surface area contributed by atoms with Crippen molar-refractivity contribution in [3.05, 3.63) is 54.0 Å². The van der Waals surface area contributed by atoms with E-state index in [-0.39, 0.29) is 29.4 Å². The van der Waals surface area contributed by atoms with Crippen LogP contribution < -0.4 is 0 Å². The number of aromatic nitrogens is 1. The molecule has 3 aromatic rings. The van der Waals surface area contributed by atoms with E-state index in [4.69, 9.17) is 4.74 Å². The highest BCUT2D eigenvalue weighted by Crippen LogP contribution is 2.46. The van der Waals surface area contributed by atoms with Crippen molar-refractivity contribution in [2.24, 2.45) is 0 Å². The Morgan fingerprint density at radius 3 is 2.52 bits per heavy atom. The van der Waals surface area contributed by atoms with Crippen LogP contribution in [-0.4, -0.2) is 46.8 Å². The minimum absolute atomic E-state index is 0.110. The van der Waals surface area contributed by atoms with Crippen LogP contribution in [0.5, 0.6) is 5.75 Å². The molecule has 1 N–H and O–H groups in total. The van der Waals surface area contributed by atoms with Crippen LogP contribution in [0, 0.1) is 5.82 Å². The molecule has 0 atom stereocenters. The Morgan fingerprint density at radius 2 is 1.84 bits per heavy atom. The van der Waals surface area contributed by atoms with Gasteiger partial charge in [-0.3, -0.25) is 4.79 Å². The molecule has 162 valence electrons. The molecule has 2 fully saturated rings. The molecule has 1 amide bonds. The number of carbonyl (C=O) groups is 1. The largest absolute Gasteiger partial charge is 0.506 e. The molecule has 0 aliphatic carbocycles. The molecule has 2 aromatic carbocycles. The molecule has 1 aromatic heterocycles. The Bertz CT molecular complexity index is 1110. The molecule has 6 heteroatoms. The summed E-state index contributed by atoms with van der Waals surface area (Å²) in [4.78, 5) is 14.0. The molecule has 2 aliphatic heterocycles. The monoisotopic (exact) mass is 422 g/mol. The highest BCUT2D eigenvalue weighted by atomic mass is 19.1.